The molecule has 36 heavy (non-hydrogen) atoms. The number of fused-ring (bicyclic) bond motifs is 4. The van der Waals surface area contributed by atoms with Gasteiger partial charge in [0.2, 0.25) is 11.8 Å². The summed E-state index contributed by atoms with van der Waals surface area (Å²) in [7, 11) is 4.24. The number of allylic oxidation sites excluding steroid dienone is 2. The van der Waals surface area contributed by atoms with Crippen molar-refractivity contribution >= 4 is 62.8 Å². The van der Waals surface area contributed by atoms with E-state index in [0.29, 0.717) is 11.3 Å². The molecule has 0 aromatic heterocycles. The van der Waals surface area contributed by atoms with Crippen LogP contribution in [0.2, 0.25) is 0 Å². The lowest BCUT2D eigenvalue weighted by Gasteiger charge is -2.51. The molecule has 1 aromatic carbocycles. The summed E-state index contributed by atoms with van der Waals surface area (Å²) in [5.74, 6) is -5.09. The molecule has 3 fully saturated rings. The summed E-state index contributed by atoms with van der Waals surface area (Å²) < 4.78 is 10.8. The van der Waals surface area contributed by atoms with E-state index >= 15 is 0 Å². The van der Waals surface area contributed by atoms with Crippen LogP contribution in [0, 0.1) is 17.8 Å². The van der Waals surface area contributed by atoms with Crippen LogP contribution in [0.15, 0.2) is 23.8 Å². The molecule has 2 saturated heterocycles. The van der Waals surface area contributed by atoms with Gasteiger partial charge in [-0.25, -0.2) is 0 Å². The Morgan fingerprint density at radius 1 is 1.08 bits per heavy atom. The normalized spacial score (nSPS) is 35.4. The molecule has 2 aliphatic heterocycles. The highest BCUT2D eigenvalue weighted by Gasteiger charge is 2.76. The summed E-state index contributed by atoms with van der Waals surface area (Å²) in [6.07, 6.45) is 1.91. The average molecular weight is 602 g/mol. The first-order chi connectivity index (χ1) is 17.0. The highest BCUT2D eigenvalue weighted by molar-refractivity contribution is 9.09. The van der Waals surface area contributed by atoms with Gasteiger partial charge in [0.25, 0.3) is 11.8 Å². The lowest BCUT2D eigenvalue weighted by molar-refractivity contribution is -0.140. The van der Waals surface area contributed by atoms with E-state index in [1.54, 1.807) is 6.08 Å². The minimum absolute atomic E-state index is 0.123. The number of phenols is 1. The zero-order valence-corrected chi connectivity index (χ0v) is 22.7. The molecule has 2 aliphatic carbocycles. The molecule has 2 heterocycles. The molecular weight excluding hydrogens is 579 g/mol. The van der Waals surface area contributed by atoms with Crippen molar-refractivity contribution in [2.75, 3.05) is 26.7 Å². The Kier molecular flexibility index (Phi) is 5.89. The van der Waals surface area contributed by atoms with E-state index in [1.165, 1.54) is 33.4 Å². The lowest BCUT2D eigenvalue weighted by Crippen LogP contribution is -2.60. The number of hydrogen-bond donors (Lipinski definition) is 1. The van der Waals surface area contributed by atoms with E-state index in [2.05, 4.69) is 15.9 Å². The first-order valence-electron chi connectivity index (χ1n) is 11.2. The van der Waals surface area contributed by atoms with E-state index in [9.17, 15) is 24.3 Å². The maximum Gasteiger partial charge on any atom is 0.254 e. The highest BCUT2D eigenvalue weighted by atomic mass is 79.9. The van der Waals surface area contributed by atoms with Crippen molar-refractivity contribution in [2.45, 2.75) is 28.5 Å². The molecule has 4 amide bonds. The third-order valence-corrected chi connectivity index (χ3v) is 9.99. The van der Waals surface area contributed by atoms with E-state index in [-0.39, 0.29) is 47.2 Å². The van der Waals surface area contributed by atoms with Crippen LogP contribution in [0.25, 0.3) is 0 Å². The molecule has 6 atom stereocenters. The number of alkyl halides is 3. The van der Waals surface area contributed by atoms with Crippen LogP contribution in [0.4, 0.5) is 0 Å². The second-order valence-corrected chi connectivity index (χ2v) is 11.2. The summed E-state index contributed by atoms with van der Waals surface area (Å²) in [5.41, 5.74) is 0.577. The van der Waals surface area contributed by atoms with Gasteiger partial charge in [-0.2, -0.15) is 0 Å². The van der Waals surface area contributed by atoms with Gasteiger partial charge >= 0.3 is 0 Å². The summed E-state index contributed by atoms with van der Waals surface area (Å²) in [5, 5.41) is 11.2. The Balaban J connectivity index is 1.81. The number of rotatable bonds is 4. The second-order valence-electron chi connectivity index (χ2n) is 9.48. The quantitative estimate of drug-likeness (QED) is 0.244. The number of nitrogens with zero attached hydrogens (tertiary/aromatic N) is 2. The van der Waals surface area contributed by atoms with E-state index in [0.717, 1.165) is 9.80 Å². The van der Waals surface area contributed by atoms with Crippen LogP contribution in [0.5, 0.6) is 17.2 Å². The van der Waals surface area contributed by atoms with Gasteiger partial charge in [0.1, 0.15) is 17.2 Å². The largest absolute Gasteiger partial charge is 0.507 e. The van der Waals surface area contributed by atoms with Crippen molar-refractivity contribution in [3.8, 4) is 17.2 Å². The van der Waals surface area contributed by atoms with Crippen LogP contribution in [0.3, 0.4) is 0 Å². The maximum absolute atomic E-state index is 13.8. The van der Waals surface area contributed by atoms with Crippen LogP contribution in [-0.4, -0.2) is 75.0 Å². The van der Waals surface area contributed by atoms with Crippen LogP contribution in [0.1, 0.15) is 24.3 Å². The standard InChI is InChI=1S/C24H23BrCl2N2O7/c1-28-19(31)12-5-4-11-13(16(12)20(28)32)8-23(26)21(33)29(9-25)22(34)24(23,27)18(11)17-14(30)6-10(35-2)7-15(17)36-3/h4,6-7,12-13,16,18,30H,5,8-9H2,1-3H3. The Bertz CT molecular complexity index is 1260. The number of halogens is 3. The van der Waals surface area contributed by atoms with E-state index in [4.69, 9.17) is 32.7 Å². The Hall–Kier alpha value is -2.30. The first-order valence-corrected chi connectivity index (χ1v) is 13.1. The second kappa shape index (κ2) is 8.36. The van der Waals surface area contributed by atoms with Gasteiger partial charge in [0.15, 0.2) is 9.75 Å². The summed E-state index contributed by atoms with van der Waals surface area (Å²) >= 11 is 17.4. The van der Waals surface area contributed by atoms with Crippen molar-refractivity contribution in [1.82, 2.24) is 9.80 Å². The fourth-order valence-corrected chi connectivity index (χ4v) is 7.80. The van der Waals surface area contributed by atoms with Gasteiger partial charge in [-0.3, -0.25) is 29.0 Å². The summed E-state index contributed by atoms with van der Waals surface area (Å²) in [6.45, 7) is 0. The number of hydrogen-bond acceptors (Lipinski definition) is 7. The molecule has 192 valence electrons. The van der Waals surface area contributed by atoms with Crippen LogP contribution in [-0.2, 0) is 19.2 Å². The molecule has 0 bridgehead atoms. The zero-order chi connectivity index (χ0) is 26.3. The number of methoxy groups -OCH3 is 2. The van der Waals surface area contributed by atoms with Gasteiger partial charge < -0.3 is 14.6 Å². The summed E-state index contributed by atoms with van der Waals surface area (Å²) in [6, 6.07) is 2.88. The molecule has 4 aliphatic rings. The van der Waals surface area contributed by atoms with Crippen LogP contribution >= 0.6 is 39.1 Å². The van der Waals surface area contributed by atoms with Crippen molar-refractivity contribution in [3.05, 3.63) is 29.3 Å². The number of benzene rings is 1. The number of ether oxygens (including phenoxy) is 2. The maximum atomic E-state index is 13.8. The predicted molar refractivity (Wildman–Crippen MR) is 132 cm³/mol. The Labute approximate surface area is 225 Å². The van der Waals surface area contributed by atoms with Gasteiger partial charge in [0.05, 0.1) is 31.5 Å². The van der Waals surface area contributed by atoms with E-state index < -0.39 is 45.2 Å². The third-order valence-electron chi connectivity index (χ3n) is 8.07. The lowest BCUT2D eigenvalue weighted by atomic mass is 9.56. The topological polar surface area (TPSA) is 113 Å². The molecule has 1 saturated carbocycles. The van der Waals surface area contributed by atoms with E-state index in [1.807, 2.05) is 0 Å². The molecule has 9 nitrogen and oxygen atoms in total. The average Bonchev–Trinajstić information content (AvgIpc) is 3.17. The number of phenolic OH excluding ortho intramolecular Hbond substituents is 1. The monoisotopic (exact) mass is 600 g/mol. The molecule has 6 unspecified atom stereocenters. The minimum atomic E-state index is -2.04. The predicted octanol–water partition coefficient (Wildman–Crippen LogP) is 2.75. The van der Waals surface area contributed by atoms with Gasteiger partial charge in [-0.05, 0) is 18.8 Å². The van der Waals surface area contributed by atoms with Crippen molar-refractivity contribution in [2.24, 2.45) is 17.8 Å². The van der Waals surface area contributed by atoms with Crippen molar-refractivity contribution in [1.29, 1.82) is 0 Å². The zero-order valence-electron chi connectivity index (χ0n) is 19.6. The number of likely N-dealkylation sites (tertiary alicyclic amines) is 2. The minimum Gasteiger partial charge on any atom is -0.507 e. The van der Waals surface area contributed by atoms with Crippen molar-refractivity contribution < 1.29 is 33.8 Å². The highest BCUT2D eigenvalue weighted by Crippen LogP contribution is 2.67. The fraction of sp³-hybridized carbons (Fsp3) is 0.500. The van der Waals surface area contributed by atoms with Crippen molar-refractivity contribution in [3.63, 3.8) is 0 Å². The molecule has 1 N–H and O–H groups in total. The van der Waals surface area contributed by atoms with Gasteiger partial charge in [-0.1, -0.05) is 27.6 Å². The first kappa shape index (κ1) is 25.4. The number of imide groups is 2. The summed E-state index contributed by atoms with van der Waals surface area (Å²) in [4.78, 5) is 51.4. The molecule has 1 aromatic rings. The fourth-order valence-electron chi connectivity index (χ4n) is 6.39. The smallest absolute Gasteiger partial charge is 0.254 e. The molecule has 0 radical (unpaired) electrons. The number of aromatic hydroxyl groups is 1. The number of amides is 4. The molecule has 12 heteroatoms. The third kappa shape index (κ3) is 2.95. The van der Waals surface area contributed by atoms with Gasteiger partial charge in [0, 0.05) is 30.7 Å². The molecule has 5 rings (SSSR count). The Morgan fingerprint density at radius 3 is 2.39 bits per heavy atom. The number of carbonyl (C=O) groups is 4. The number of carbonyl (C=O) groups excluding carboxylic acids is 4. The SMILES string of the molecule is COc1cc(O)c(C2C3=CCC4C(=O)N(C)C(=O)C4C3CC3(Cl)C(=O)N(CBr)C(=O)C23Cl)c(OC)c1. The Morgan fingerprint density at radius 2 is 1.78 bits per heavy atom. The molecular formula is C24H23BrCl2N2O7. The van der Waals surface area contributed by atoms with Gasteiger partial charge in [-0.15, -0.1) is 23.2 Å². The molecule has 0 spiro atoms. The van der Waals surface area contributed by atoms with Crippen LogP contribution < -0.4 is 9.47 Å².